The number of benzene rings is 2. The van der Waals surface area contributed by atoms with Crippen molar-refractivity contribution < 1.29 is 14.6 Å². The molecule has 5 nitrogen and oxygen atoms in total. The van der Waals surface area contributed by atoms with E-state index in [9.17, 15) is 9.90 Å². The Labute approximate surface area is 149 Å². The van der Waals surface area contributed by atoms with Crippen LogP contribution < -0.4 is 10.6 Å². The van der Waals surface area contributed by atoms with Crippen molar-refractivity contribution in [3.63, 3.8) is 0 Å². The van der Waals surface area contributed by atoms with E-state index in [1.165, 1.54) is 0 Å². The van der Waals surface area contributed by atoms with Crippen molar-refractivity contribution in [1.82, 2.24) is 10.6 Å². The Morgan fingerprint density at radius 1 is 1.20 bits per heavy atom. The number of hydrogen-bond acceptors (Lipinski definition) is 3. The lowest BCUT2D eigenvalue weighted by Crippen LogP contribution is -2.44. The molecule has 0 saturated carbocycles. The fraction of sp³-hybridized carbons (Fsp3) is 0.450. The minimum Gasteiger partial charge on any atom is -0.387 e. The minimum absolute atomic E-state index is 0.0345. The Bertz CT molecular complexity index is 715. The van der Waals surface area contributed by atoms with E-state index in [0.717, 1.165) is 16.3 Å². The summed E-state index contributed by atoms with van der Waals surface area (Å²) in [6.07, 6.45) is -0.0504. The number of aliphatic hydroxyl groups excluding tert-OH is 1. The fourth-order valence-electron chi connectivity index (χ4n) is 2.87. The van der Waals surface area contributed by atoms with Crippen LogP contribution in [0.15, 0.2) is 42.5 Å². The van der Waals surface area contributed by atoms with E-state index >= 15 is 0 Å². The molecule has 2 amide bonds. The average molecular weight is 344 g/mol. The normalized spacial score (nSPS) is 14.1. The van der Waals surface area contributed by atoms with Gasteiger partial charge in [-0.1, -0.05) is 36.4 Å². The highest BCUT2D eigenvalue weighted by molar-refractivity contribution is 5.83. The first kappa shape index (κ1) is 19.2. The quantitative estimate of drug-likeness (QED) is 0.721. The van der Waals surface area contributed by atoms with Gasteiger partial charge in [0.05, 0.1) is 11.7 Å². The van der Waals surface area contributed by atoms with Crippen molar-refractivity contribution in [1.29, 1.82) is 0 Å². The summed E-state index contributed by atoms with van der Waals surface area (Å²) >= 11 is 0. The van der Waals surface area contributed by atoms with Gasteiger partial charge in [-0.25, -0.2) is 4.79 Å². The summed E-state index contributed by atoms with van der Waals surface area (Å²) in [6.45, 7) is 6.05. The van der Waals surface area contributed by atoms with Gasteiger partial charge in [0, 0.05) is 19.7 Å². The lowest BCUT2D eigenvalue weighted by molar-refractivity contribution is 0.00947. The standard InChI is InChI=1S/C20H28N2O3/c1-14(12-20(2,3)25-4)22-19(24)21-13-18(23)17-10-9-15-7-5-6-8-16(15)11-17/h5-11,14,18,23H,12-13H2,1-4H3,(H2,21,22,24). The van der Waals surface area contributed by atoms with Gasteiger partial charge in [-0.3, -0.25) is 0 Å². The second-order valence-corrected chi connectivity index (χ2v) is 7.05. The third kappa shape index (κ3) is 5.73. The van der Waals surface area contributed by atoms with Gasteiger partial charge in [0.25, 0.3) is 0 Å². The molecule has 3 N–H and O–H groups in total. The molecule has 0 fully saturated rings. The molecule has 2 rings (SSSR count). The van der Waals surface area contributed by atoms with E-state index in [0.29, 0.717) is 6.42 Å². The second kappa shape index (κ2) is 8.32. The van der Waals surface area contributed by atoms with Gasteiger partial charge >= 0.3 is 6.03 Å². The zero-order valence-electron chi connectivity index (χ0n) is 15.4. The highest BCUT2D eigenvalue weighted by Crippen LogP contribution is 2.20. The van der Waals surface area contributed by atoms with Crippen molar-refractivity contribution in [3.05, 3.63) is 48.0 Å². The second-order valence-electron chi connectivity index (χ2n) is 7.05. The Morgan fingerprint density at radius 3 is 2.56 bits per heavy atom. The largest absolute Gasteiger partial charge is 0.387 e. The van der Waals surface area contributed by atoms with Crippen LogP contribution in [-0.2, 0) is 4.74 Å². The smallest absolute Gasteiger partial charge is 0.315 e. The predicted octanol–water partition coefficient (Wildman–Crippen LogP) is 3.38. The molecule has 25 heavy (non-hydrogen) atoms. The van der Waals surface area contributed by atoms with E-state index in [-0.39, 0.29) is 24.2 Å². The number of fused-ring (bicyclic) bond motifs is 1. The highest BCUT2D eigenvalue weighted by atomic mass is 16.5. The molecule has 2 aromatic carbocycles. The first-order valence-corrected chi connectivity index (χ1v) is 8.57. The van der Waals surface area contributed by atoms with E-state index in [1.807, 2.05) is 63.2 Å². The van der Waals surface area contributed by atoms with Gasteiger partial charge in [-0.15, -0.1) is 0 Å². The topological polar surface area (TPSA) is 70.6 Å². The summed E-state index contributed by atoms with van der Waals surface area (Å²) in [4.78, 5) is 12.0. The molecule has 2 aromatic rings. The third-order valence-corrected chi connectivity index (χ3v) is 4.34. The molecule has 136 valence electrons. The number of ether oxygens (including phenoxy) is 1. The molecule has 5 heteroatoms. The van der Waals surface area contributed by atoms with Crippen molar-refractivity contribution in [2.24, 2.45) is 0 Å². The summed E-state index contributed by atoms with van der Waals surface area (Å²) in [5.41, 5.74) is 0.490. The maximum atomic E-state index is 12.0. The van der Waals surface area contributed by atoms with Crippen molar-refractivity contribution >= 4 is 16.8 Å². The fourth-order valence-corrected chi connectivity index (χ4v) is 2.87. The van der Waals surface area contributed by atoms with E-state index < -0.39 is 6.10 Å². The lowest BCUT2D eigenvalue weighted by Gasteiger charge is -2.27. The number of rotatable bonds is 7. The molecule has 0 aliphatic carbocycles. The molecule has 0 aliphatic rings. The molecule has 0 saturated heterocycles. The third-order valence-electron chi connectivity index (χ3n) is 4.34. The Balaban J connectivity index is 1.86. The van der Waals surface area contributed by atoms with Gasteiger partial charge in [0.2, 0.25) is 0 Å². The summed E-state index contributed by atoms with van der Waals surface area (Å²) in [5.74, 6) is 0. The van der Waals surface area contributed by atoms with Crippen LogP contribution in [0.3, 0.4) is 0 Å². The monoisotopic (exact) mass is 344 g/mol. The van der Waals surface area contributed by atoms with Crippen molar-refractivity contribution in [3.8, 4) is 0 Å². The first-order valence-electron chi connectivity index (χ1n) is 8.57. The molecular formula is C20H28N2O3. The lowest BCUT2D eigenvalue weighted by atomic mass is 10.00. The number of carbonyl (C=O) groups excluding carboxylic acids is 1. The number of amides is 2. The van der Waals surface area contributed by atoms with Crippen molar-refractivity contribution in [2.45, 2.75) is 44.9 Å². The van der Waals surface area contributed by atoms with Gasteiger partial charge < -0.3 is 20.5 Å². The predicted molar refractivity (Wildman–Crippen MR) is 101 cm³/mol. The zero-order valence-corrected chi connectivity index (χ0v) is 15.4. The zero-order chi connectivity index (χ0) is 18.4. The average Bonchev–Trinajstić information content (AvgIpc) is 2.58. The highest BCUT2D eigenvalue weighted by Gasteiger charge is 2.21. The Kier molecular flexibility index (Phi) is 6.39. The van der Waals surface area contributed by atoms with Crippen LogP contribution >= 0.6 is 0 Å². The van der Waals surface area contributed by atoms with Gasteiger partial charge in [0.1, 0.15) is 0 Å². The molecule has 2 unspecified atom stereocenters. The molecular weight excluding hydrogens is 316 g/mol. The number of nitrogens with one attached hydrogen (secondary N) is 2. The van der Waals surface area contributed by atoms with Crippen molar-refractivity contribution in [2.75, 3.05) is 13.7 Å². The molecule has 2 atom stereocenters. The molecule has 0 aliphatic heterocycles. The Hall–Kier alpha value is -2.11. The number of carbonyl (C=O) groups is 1. The van der Waals surface area contributed by atoms with E-state index in [4.69, 9.17) is 4.74 Å². The van der Waals surface area contributed by atoms with Crippen LogP contribution in [0.1, 0.15) is 38.9 Å². The van der Waals surface area contributed by atoms with Crippen LogP contribution in [0.2, 0.25) is 0 Å². The minimum atomic E-state index is -0.749. The summed E-state index contributed by atoms with van der Waals surface area (Å²) in [6, 6.07) is 13.5. The van der Waals surface area contributed by atoms with Gasteiger partial charge in [-0.05, 0) is 49.6 Å². The summed E-state index contributed by atoms with van der Waals surface area (Å²) in [5, 5.41) is 18.1. The van der Waals surface area contributed by atoms with Crippen LogP contribution in [-0.4, -0.2) is 36.4 Å². The number of hydrogen-bond donors (Lipinski definition) is 3. The Morgan fingerprint density at radius 2 is 1.88 bits per heavy atom. The maximum absolute atomic E-state index is 12.0. The SMILES string of the molecule is COC(C)(C)CC(C)NC(=O)NCC(O)c1ccc2ccccc2c1. The summed E-state index contributed by atoms with van der Waals surface area (Å²) < 4.78 is 5.37. The molecule has 0 radical (unpaired) electrons. The van der Waals surface area contributed by atoms with Crippen LogP contribution in [0.25, 0.3) is 10.8 Å². The van der Waals surface area contributed by atoms with E-state index in [2.05, 4.69) is 10.6 Å². The number of methoxy groups -OCH3 is 1. The molecule has 0 bridgehead atoms. The molecule has 0 aromatic heterocycles. The summed E-state index contributed by atoms with van der Waals surface area (Å²) in [7, 11) is 1.66. The van der Waals surface area contributed by atoms with E-state index in [1.54, 1.807) is 7.11 Å². The van der Waals surface area contributed by atoms with Gasteiger partial charge in [-0.2, -0.15) is 0 Å². The van der Waals surface area contributed by atoms with Crippen LogP contribution in [0, 0.1) is 0 Å². The maximum Gasteiger partial charge on any atom is 0.315 e. The first-order chi connectivity index (χ1) is 11.8. The van der Waals surface area contributed by atoms with Crippen LogP contribution in [0.4, 0.5) is 4.79 Å². The van der Waals surface area contributed by atoms with Crippen LogP contribution in [0.5, 0.6) is 0 Å². The number of aliphatic hydroxyl groups is 1. The number of urea groups is 1. The van der Waals surface area contributed by atoms with Gasteiger partial charge in [0.15, 0.2) is 0 Å². The molecule has 0 heterocycles. The molecule has 0 spiro atoms.